The van der Waals surface area contributed by atoms with Crippen molar-refractivity contribution in [3.63, 3.8) is 0 Å². The largest absolute Gasteiger partial charge is 3.00 e. The molecule has 1 radical (unpaired) electrons. The van der Waals surface area contributed by atoms with E-state index in [1.165, 1.54) is 0 Å². The monoisotopic (exact) mass is 1330 g/mol. The second kappa shape index (κ2) is 46.9. The van der Waals surface area contributed by atoms with Gasteiger partial charge in [-0.1, -0.05) is 209 Å². The van der Waals surface area contributed by atoms with Crippen molar-refractivity contribution in [1.29, 1.82) is 0 Å². The SMILES string of the molecule is CC(=O)O.CC(=O)O.CC(=O)O.O=C([O-])C(Cl)(Cl)Cl.O=C([O-])C(Cl)(Cl)Cl.O=C([O-])C(Cl)(Cl)Cl.O=C([O-])C(Cl)(Cl)Cl.O=C([O-])C(Cl)(Cl)Cl.O=C([O-])C(Cl)(Cl)Cl.[Mn+2].[Mn+3].[Mn+3].[O-2]. The first kappa shape index (κ1) is 94.5. The normalized spacial score (nSPS) is 9.47. The maximum absolute atomic E-state index is 9.51. The first-order valence-electron chi connectivity index (χ1n) is 10.1. The summed E-state index contributed by atoms with van der Waals surface area (Å²) in [5, 5.41) is 79.3. The third-order valence-corrected chi connectivity index (χ3v) is 4.17. The van der Waals surface area contributed by atoms with E-state index in [0.717, 1.165) is 20.8 Å². The Morgan fingerprint density at radius 1 is 0.310 bits per heavy atom. The average Bonchev–Trinajstić information content (AvgIpc) is 2.81. The maximum atomic E-state index is 9.51. The van der Waals surface area contributed by atoms with Crippen LogP contribution in [-0.2, 0) is 99.8 Å². The van der Waals surface area contributed by atoms with Crippen molar-refractivity contribution in [3.05, 3.63) is 0 Å². The van der Waals surface area contributed by atoms with Crippen LogP contribution in [0.15, 0.2) is 0 Å². The molecule has 40 heteroatoms. The summed E-state index contributed by atoms with van der Waals surface area (Å²) in [6, 6.07) is 0. The van der Waals surface area contributed by atoms with Crippen LogP contribution in [0.1, 0.15) is 20.8 Å². The van der Waals surface area contributed by atoms with Crippen LogP contribution in [0, 0.1) is 0 Å². The van der Waals surface area contributed by atoms with Crippen molar-refractivity contribution >= 4 is 263 Å². The molecule has 0 aliphatic rings. The molecule has 0 unspecified atom stereocenters. The third-order valence-electron chi connectivity index (χ3n) is 1.39. The minimum absolute atomic E-state index is 0. The molecule has 0 aliphatic heterocycles. The standard InChI is InChI=1S/6C2HCl3O2.3C2H4O2.3Mn.O/c6*3-2(4,5)1(6)7;3*1-2(3)4;;;;/h6*(H,6,7);3*1H3,(H,3,4);;;;/q;;;;;;;;;+2;2*+3;-2/p-6. The van der Waals surface area contributed by atoms with Crippen LogP contribution in [0.25, 0.3) is 0 Å². The predicted octanol–water partition coefficient (Wildman–Crippen LogP) is 0.785. The molecule has 0 saturated heterocycles. The van der Waals surface area contributed by atoms with Crippen LogP contribution >= 0.6 is 209 Å². The number of alkyl halides is 18. The van der Waals surface area contributed by atoms with E-state index in [9.17, 15) is 59.4 Å². The van der Waals surface area contributed by atoms with E-state index in [0.29, 0.717) is 0 Å². The maximum Gasteiger partial charge on any atom is 3.00 e. The molecule has 345 valence electrons. The van der Waals surface area contributed by atoms with Gasteiger partial charge in [0, 0.05) is 20.8 Å². The van der Waals surface area contributed by atoms with E-state index in [-0.39, 0.29) is 56.7 Å². The van der Waals surface area contributed by atoms with Crippen molar-refractivity contribution in [2.24, 2.45) is 0 Å². The molecule has 0 heterocycles. The van der Waals surface area contributed by atoms with E-state index in [2.05, 4.69) is 0 Å². The van der Waals surface area contributed by atoms with Crippen LogP contribution in [-0.4, -0.2) is 91.8 Å². The number of hydrogen-bond acceptors (Lipinski definition) is 15. The van der Waals surface area contributed by atoms with E-state index < -0.39 is 76.5 Å². The van der Waals surface area contributed by atoms with Crippen LogP contribution in [0.4, 0.5) is 0 Å². The molecule has 0 aliphatic carbocycles. The van der Waals surface area contributed by atoms with E-state index in [4.69, 9.17) is 239 Å². The summed E-state index contributed by atoms with van der Waals surface area (Å²) in [5.41, 5.74) is 0. The van der Waals surface area contributed by atoms with Gasteiger partial charge in [0.25, 0.3) is 17.9 Å². The Morgan fingerprint density at radius 2 is 0.328 bits per heavy atom. The second-order valence-electron chi connectivity index (χ2n) is 6.27. The summed E-state index contributed by atoms with van der Waals surface area (Å²) in [5.74, 6) is -12.8. The van der Waals surface area contributed by atoms with Gasteiger partial charge in [0.15, 0.2) is 0 Å². The minimum Gasteiger partial charge on any atom is -2.00 e. The van der Waals surface area contributed by atoms with Gasteiger partial charge in [0.05, 0.1) is 35.8 Å². The van der Waals surface area contributed by atoms with Crippen molar-refractivity contribution in [2.45, 2.75) is 43.5 Å². The zero-order valence-electron chi connectivity index (χ0n) is 26.3. The number of carbonyl (C=O) groups excluding carboxylic acids is 6. The number of rotatable bonds is 0. The Kier molecular flexibility index (Phi) is 76.5. The smallest absolute Gasteiger partial charge is 2.00 e. The first-order valence-corrected chi connectivity index (χ1v) is 16.9. The van der Waals surface area contributed by atoms with Gasteiger partial charge in [-0.15, -0.1) is 0 Å². The molecule has 0 spiro atoms. The summed E-state index contributed by atoms with van der Waals surface area (Å²) < 4.78 is -13.7. The molecule has 0 bridgehead atoms. The minimum atomic E-state index is -2.28. The fourth-order valence-electron chi connectivity index (χ4n) is 0. The Balaban J connectivity index is -0.0000000357. The zero-order chi connectivity index (χ0) is 47.2. The number of carboxylic acids is 9. The van der Waals surface area contributed by atoms with Gasteiger partial charge in [-0.3, -0.25) is 14.4 Å². The molecular weight excluding hydrogens is 1320 g/mol. The van der Waals surface area contributed by atoms with E-state index >= 15 is 0 Å². The Bertz CT molecular complexity index is 953. The summed E-state index contributed by atoms with van der Waals surface area (Å²) in [7, 11) is 0. The van der Waals surface area contributed by atoms with Gasteiger partial charge in [-0.25, -0.2) is 0 Å². The van der Waals surface area contributed by atoms with Gasteiger partial charge in [0.1, 0.15) is 0 Å². The van der Waals surface area contributed by atoms with Crippen LogP contribution < -0.4 is 30.6 Å². The van der Waals surface area contributed by atoms with Crippen LogP contribution in [0.5, 0.6) is 0 Å². The van der Waals surface area contributed by atoms with Crippen molar-refractivity contribution in [1.82, 2.24) is 0 Å². The molecule has 0 amide bonds. The molecule has 0 aromatic heterocycles. The molecule has 3 N–H and O–H groups in total. The van der Waals surface area contributed by atoms with E-state index in [1.54, 1.807) is 0 Å². The molecule has 58 heavy (non-hydrogen) atoms. The fourth-order valence-corrected chi connectivity index (χ4v) is 0. The fraction of sp³-hybridized carbons (Fsp3) is 0.500. The van der Waals surface area contributed by atoms with Gasteiger partial charge >= 0.3 is 51.2 Å². The molecule has 19 nitrogen and oxygen atoms in total. The van der Waals surface area contributed by atoms with Gasteiger partial charge < -0.3 is 80.2 Å². The van der Waals surface area contributed by atoms with Crippen LogP contribution in [0.3, 0.4) is 0 Å². The van der Waals surface area contributed by atoms with Gasteiger partial charge in [-0.2, -0.15) is 0 Å². The molecule has 0 fully saturated rings. The van der Waals surface area contributed by atoms with E-state index in [1.807, 2.05) is 0 Å². The van der Waals surface area contributed by atoms with Crippen molar-refractivity contribution in [3.8, 4) is 0 Å². The molecular formula is C18H12Cl18Mn3O19. The number of halogens is 18. The zero-order valence-corrected chi connectivity index (χ0v) is 43.5. The topological polar surface area (TPSA) is 381 Å². The average molecular weight is 1340 g/mol. The predicted molar refractivity (Wildman–Crippen MR) is 192 cm³/mol. The van der Waals surface area contributed by atoms with Crippen molar-refractivity contribution < 1.29 is 146 Å². The van der Waals surface area contributed by atoms with Crippen LogP contribution in [0.2, 0.25) is 0 Å². The Hall–Kier alpha value is 1.97. The first-order chi connectivity index (χ1) is 22.9. The molecule has 0 saturated carbocycles. The van der Waals surface area contributed by atoms with Crippen molar-refractivity contribution in [2.75, 3.05) is 0 Å². The molecule has 0 aromatic rings. The molecule has 0 aromatic carbocycles. The number of carboxylic acid groups (broad SMARTS) is 9. The van der Waals surface area contributed by atoms with Gasteiger partial charge in [-0.05, 0) is 0 Å². The van der Waals surface area contributed by atoms with Gasteiger partial charge in [0.2, 0.25) is 22.8 Å². The Morgan fingerprint density at radius 3 is 0.328 bits per heavy atom. The second-order valence-corrected chi connectivity index (χ2v) is 20.0. The molecule has 0 rings (SSSR count). The summed E-state index contributed by atoms with van der Waals surface area (Å²) in [4.78, 5) is 84.1. The number of carbonyl (C=O) groups is 9. The Labute approximate surface area is 446 Å². The number of aliphatic carboxylic acids is 9. The summed E-state index contributed by atoms with van der Waals surface area (Å²) in [6.45, 7) is 3.25. The quantitative estimate of drug-likeness (QED) is 0.223. The summed E-state index contributed by atoms with van der Waals surface area (Å²) in [6.07, 6.45) is 0. The summed E-state index contributed by atoms with van der Waals surface area (Å²) >= 11 is 85.3. The third kappa shape index (κ3) is 131. The molecule has 0 atom stereocenters. The number of hydrogen-bond donors (Lipinski definition) is 3.